The SMILES string of the molecule is Cc1ccc2c(CC(C)(C)C)c3c(c(C)c2c1)-c1c2c(cc(CC(C)(C)C)cc2cc[n+]1C)O3. The zero-order valence-corrected chi connectivity index (χ0v) is 22.3. The molecular formula is C32H38NO+. The van der Waals surface area contributed by atoms with E-state index in [2.05, 4.69) is 110 Å². The van der Waals surface area contributed by atoms with E-state index < -0.39 is 0 Å². The van der Waals surface area contributed by atoms with Crippen molar-refractivity contribution in [1.82, 2.24) is 0 Å². The minimum atomic E-state index is 0.146. The Bertz CT molecular complexity index is 1460. The third-order valence-electron chi connectivity index (χ3n) is 6.93. The Kier molecular flexibility index (Phi) is 5.10. The lowest BCUT2D eigenvalue weighted by atomic mass is 9.81. The van der Waals surface area contributed by atoms with Crippen LogP contribution in [0.3, 0.4) is 0 Å². The van der Waals surface area contributed by atoms with Gasteiger partial charge in [-0.15, -0.1) is 0 Å². The van der Waals surface area contributed by atoms with Crippen LogP contribution in [0.1, 0.15) is 63.8 Å². The summed E-state index contributed by atoms with van der Waals surface area (Å²) in [5.41, 5.74) is 8.15. The first-order chi connectivity index (χ1) is 15.8. The number of pyridine rings is 1. The van der Waals surface area contributed by atoms with Crippen molar-refractivity contribution < 1.29 is 9.30 Å². The van der Waals surface area contributed by atoms with Gasteiger partial charge in [0.25, 0.3) is 0 Å². The van der Waals surface area contributed by atoms with Crippen LogP contribution in [0.5, 0.6) is 11.5 Å². The molecule has 4 aromatic rings. The first-order valence-electron chi connectivity index (χ1n) is 12.5. The minimum Gasteiger partial charge on any atom is -0.455 e. The third kappa shape index (κ3) is 3.87. The first kappa shape index (κ1) is 22.9. The smallest absolute Gasteiger partial charge is 0.228 e. The van der Waals surface area contributed by atoms with Gasteiger partial charge < -0.3 is 4.74 Å². The van der Waals surface area contributed by atoms with E-state index in [0.29, 0.717) is 0 Å². The predicted octanol–water partition coefficient (Wildman–Crippen LogP) is 8.38. The minimum absolute atomic E-state index is 0.146. The fourth-order valence-corrected chi connectivity index (χ4v) is 5.64. The maximum atomic E-state index is 6.94. The summed E-state index contributed by atoms with van der Waals surface area (Å²) in [6, 6.07) is 13.8. The highest BCUT2D eigenvalue weighted by Crippen LogP contribution is 2.52. The van der Waals surface area contributed by atoms with Gasteiger partial charge in [0.1, 0.15) is 18.5 Å². The quantitative estimate of drug-likeness (QED) is 0.245. The lowest BCUT2D eigenvalue weighted by Crippen LogP contribution is -2.32. The summed E-state index contributed by atoms with van der Waals surface area (Å²) in [4.78, 5) is 0. The molecule has 0 bridgehead atoms. The van der Waals surface area contributed by atoms with E-state index in [1.165, 1.54) is 55.1 Å². The summed E-state index contributed by atoms with van der Waals surface area (Å²) in [6.07, 6.45) is 4.19. The van der Waals surface area contributed by atoms with Crippen LogP contribution in [0.2, 0.25) is 0 Å². The van der Waals surface area contributed by atoms with Gasteiger partial charge in [-0.1, -0.05) is 71.4 Å². The van der Waals surface area contributed by atoms with Gasteiger partial charge in [-0.05, 0) is 70.9 Å². The molecule has 1 aliphatic heterocycles. The molecule has 1 aliphatic rings. The fraction of sp³-hybridized carbons (Fsp3) is 0.406. The van der Waals surface area contributed by atoms with E-state index in [1.54, 1.807) is 0 Å². The summed E-state index contributed by atoms with van der Waals surface area (Å²) in [6.45, 7) is 18.3. The summed E-state index contributed by atoms with van der Waals surface area (Å²) >= 11 is 0. The van der Waals surface area contributed by atoms with Gasteiger partial charge in [0.2, 0.25) is 5.69 Å². The normalized spacial score (nSPS) is 13.3. The van der Waals surface area contributed by atoms with E-state index >= 15 is 0 Å². The van der Waals surface area contributed by atoms with Crippen LogP contribution >= 0.6 is 0 Å². The molecule has 0 N–H and O–H groups in total. The highest BCUT2D eigenvalue weighted by Gasteiger charge is 2.34. The number of rotatable bonds is 2. The van der Waals surface area contributed by atoms with Crippen molar-refractivity contribution in [1.29, 1.82) is 0 Å². The predicted molar refractivity (Wildman–Crippen MR) is 144 cm³/mol. The fourth-order valence-electron chi connectivity index (χ4n) is 5.64. The van der Waals surface area contributed by atoms with Crippen LogP contribution in [0.4, 0.5) is 0 Å². The molecular weight excluding hydrogens is 414 g/mol. The molecule has 0 fully saturated rings. The van der Waals surface area contributed by atoms with Crippen molar-refractivity contribution in [2.75, 3.05) is 0 Å². The van der Waals surface area contributed by atoms with Gasteiger partial charge in [0, 0.05) is 11.6 Å². The number of nitrogens with zero attached hydrogens (tertiary/aromatic N) is 1. The maximum absolute atomic E-state index is 6.94. The van der Waals surface area contributed by atoms with Crippen molar-refractivity contribution in [2.24, 2.45) is 17.9 Å². The van der Waals surface area contributed by atoms with Gasteiger partial charge in [-0.25, -0.2) is 4.57 Å². The number of benzene rings is 3. The highest BCUT2D eigenvalue weighted by molar-refractivity contribution is 6.06. The van der Waals surface area contributed by atoms with E-state index in [-0.39, 0.29) is 10.8 Å². The van der Waals surface area contributed by atoms with E-state index in [4.69, 9.17) is 4.74 Å². The zero-order valence-electron chi connectivity index (χ0n) is 22.3. The van der Waals surface area contributed by atoms with Crippen LogP contribution in [0.25, 0.3) is 32.8 Å². The number of hydrogen-bond acceptors (Lipinski definition) is 1. The topological polar surface area (TPSA) is 13.1 Å². The van der Waals surface area contributed by atoms with Crippen LogP contribution in [0, 0.1) is 24.7 Å². The molecule has 0 radical (unpaired) electrons. The molecule has 5 rings (SSSR count). The molecule has 3 aromatic carbocycles. The van der Waals surface area contributed by atoms with Crippen molar-refractivity contribution >= 4 is 21.5 Å². The average molecular weight is 453 g/mol. The number of aromatic nitrogens is 1. The molecule has 1 aromatic heterocycles. The molecule has 0 amide bonds. The average Bonchev–Trinajstić information content (AvgIpc) is 2.71. The zero-order chi connectivity index (χ0) is 24.6. The lowest BCUT2D eigenvalue weighted by molar-refractivity contribution is -0.659. The molecule has 0 saturated heterocycles. The molecule has 2 nitrogen and oxygen atoms in total. The highest BCUT2D eigenvalue weighted by atomic mass is 16.5. The Balaban J connectivity index is 1.90. The maximum Gasteiger partial charge on any atom is 0.228 e. The Morgan fingerprint density at radius 3 is 2.21 bits per heavy atom. The third-order valence-corrected chi connectivity index (χ3v) is 6.93. The first-order valence-corrected chi connectivity index (χ1v) is 12.5. The Morgan fingerprint density at radius 2 is 1.53 bits per heavy atom. The second-order valence-corrected chi connectivity index (χ2v) is 12.8. The van der Waals surface area contributed by atoms with Gasteiger partial charge in [-0.3, -0.25) is 0 Å². The lowest BCUT2D eigenvalue weighted by Gasteiger charge is -2.28. The van der Waals surface area contributed by atoms with Crippen molar-refractivity contribution in [2.45, 2.75) is 68.2 Å². The molecule has 0 spiro atoms. The molecule has 0 atom stereocenters. The summed E-state index contributed by atoms with van der Waals surface area (Å²) in [5, 5.41) is 5.15. The Labute approximate surface area is 204 Å². The van der Waals surface area contributed by atoms with Gasteiger partial charge in [0.15, 0.2) is 6.20 Å². The van der Waals surface area contributed by atoms with Crippen LogP contribution in [0.15, 0.2) is 42.6 Å². The number of fused-ring (bicyclic) bond motifs is 3. The van der Waals surface area contributed by atoms with Crippen molar-refractivity contribution in [3.05, 3.63) is 64.8 Å². The molecule has 2 heterocycles. The second-order valence-electron chi connectivity index (χ2n) is 12.8. The summed E-state index contributed by atoms with van der Waals surface area (Å²) < 4.78 is 9.23. The van der Waals surface area contributed by atoms with E-state index in [1.807, 2.05) is 0 Å². The Morgan fingerprint density at radius 1 is 0.824 bits per heavy atom. The summed E-state index contributed by atoms with van der Waals surface area (Å²) in [5.74, 6) is 2.05. The monoisotopic (exact) mass is 452 g/mol. The standard InChI is InChI=1S/C32H38NO/c1-19-10-11-23-24(14-19)20(2)27-29-28-22(12-13-33(29)9)15-21(17-31(3,4)5)16-26(28)34-30(27)25(23)18-32(6,7)8/h10-16H,17-18H2,1-9H3/q+1. The molecule has 0 unspecified atom stereocenters. The van der Waals surface area contributed by atoms with Crippen molar-refractivity contribution in [3.63, 3.8) is 0 Å². The van der Waals surface area contributed by atoms with E-state index in [9.17, 15) is 0 Å². The Hall–Kier alpha value is -2.87. The number of ether oxygens (including phenoxy) is 1. The molecule has 2 heteroatoms. The van der Waals surface area contributed by atoms with Crippen molar-refractivity contribution in [3.8, 4) is 22.8 Å². The van der Waals surface area contributed by atoms with E-state index in [0.717, 1.165) is 24.3 Å². The second kappa shape index (κ2) is 7.57. The van der Waals surface area contributed by atoms with Crippen LogP contribution in [-0.4, -0.2) is 0 Å². The number of aryl methyl sites for hydroxylation is 3. The molecule has 0 aliphatic carbocycles. The van der Waals surface area contributed by atoms with Gasteiger partial charge >= 0.3 is 0 Å². The summed E-state index contributed by atoms with van der Waals surface area (Å²) in [7, 11) is 2.17. The van der Waals surface area contributed by atoms with Gasteiger partial charge in [0.05, 0.1) is 10.9 Å². The number of hydrogen-bond donors (Lipinski definition) is 0. The van der Waals surface area contributed by atoms with Gasteiger partial charge in [-0.2, -0.15) is 0 Å². The van der Waals surface area contributed by atoms with Crippen LogP contribution in [-0.2, 0) is 19.9 Å². The molecule has 34 heavy (non-hydrogen) atoms. The largest absolute Gasteiger partial charge is 0.455 e. The molecule has 176 valence electrons. The van der Waals surface area contributed by atoms with Crippen LogP contribution < -0.4 is 9.30 Å². The molecule has 0 saturated carbocycles.